The molecule has 2 aliphatic carbocycles. The Morgan fingerprint density at radius 1 is 0.900 bits per heavy atom. The van der Waals surface area contributed by atoms with E-state index in [9.17, 15) is 13.2 Å². The lowest BCUT2D eigenvalue weighted by Crippen LogP contribution is -2.13. The number of rotatable bonds is 6. The van der Waals surface area contributed by atoms with Gasteiger partial charge in [0.25, 0.3) is 0 Å². The van der Waals surface area contributed by atoms with Gasteiger partial charge in [-0.15, -0.1) is 0 Å². The molecule has 2 aliphatic rings. The highest BCUT2D eigenvalue weighted by atomic mass is 19.2. The molecule has 0 radical (unpaired) electrons. The van der Waals surface area contributed by atoms with Gasteiger partial charge in [0, 0.05) is 5.92 Å². The summed E-state index contributed by atoms with van der Waals surface area (Å²) in [5.74, 6) is 5.09. The fourth-order valence-corrected chi connectivity index (χ4v) is 5.08. The second-order valence-electron chi connectivity index (χ2n) is 9.27. The summed E-state index contributed by atoms with van der Waals surface area (Å²) in [4.78, 5) is 0. The largest absolute Gasteiger partial charge is 0.204 e. The third-order valence-electron chi connectivity index (χ3n) is 7.05. The van der Waals surface area contributed by atoms with Crippen molar-refractivity contribution in [1.29, 1.82) is 0 Å². The second kappa shape index (κ2) is 11.6. The molecule has 0 aliphatic heterocycles. The minimum atomic E-state index is -1.38. The van der Waals surface area contributed by atoms with Crippen LogP contribution in [0.4, 0.5) is 13.2 Å². The van der Waals surface area contributed by atoms with Crippen LogP contribution in [-0.4, -0.2) is 0 Å². The monoisotopic (exact) mass is 416 g/mol. The van der Waals surface area contributed by atoms with E-state index in [2.05, 4.69) is 24.8 Å². The van der Waals surface area contributed by atoms with Crippen molar-refractivity contribution in [2.24, 2.45) is 17.8 Å². The van der Waals surface area contributed by atoms with Crippen molar-refractivity contribution in [3.8, 4) is 11.8 Å². The van der Waals surface area contributed by atoms with E-state index in [1.807, 2.05) is 6.08 Å². The van der Waals surface area contributed by atoms with E-state index in [1.165, 1.54) is 51.4 Å². The molecule has 3 rings (SSSR count). The molecule has 0 nitrogen and oxygen atoms in total. The van der Waals surface area contributed by atoms with Crippen molar-refractivity contribution in [2.75, 3.05) is 0 Å². The van der Waals surface area contributed by atoms with Crippen molar-refractivity contribution in [1.82, 2.24) is 0 Å². The normalized spacial score (nSPS) is 27.1. The maximum Gasteiger partial charge on any atom is 0.194 e. The summed E-state index contributed by atoms with van der Waals surface area (Å²) < 4.78 is 40.1. The third kappa shape index (κ3) is 6.66. The molecular formula is C27H35F3. The van der Waals surface area contributed by atoms with Crippen LogP contribution >= 0.6 is 0 Å². The van der Waals surface area contributed by atoms with Crippen LogP contribution < -0.4 is 0 Å². The first-order chi connectivity index (χ1) is 14.6. The van der Waals surface area contributed by atoms with Crippen LogP contribution in [0.2, 0.25) is 0 Å². The predicted molar refractivity (Wildman–Crippen MR) is 118 cm³/mol. The molecular weight excluding hydrogens is 381 g/mol. The van der Waals surface area contributed by atoms with Crippen LogP contribution in [0.3, 0.4) is 0 Å². The van der Waals surface area contributed by atoms with E-state index < -0.39 is 17.5 Å². The van der Waals surface area contributed by atoms with Crippen LogP contribution in [-0.2, 0) is 0 Å². The number of halogens is 3. The average molecular weight is 417 g/mol. The van der Waals surface area contributed by atoms with Crippen molar-refractivity contribution in [3.63, 3.8) is 0 Å². The fraction of sp³-hybridized carbons (Fsp3) is 0.630. The lowest BCUT2D eigenvalue weighted by atomic mass is 9.79. The van der Waals surface area contributed by atoms with Crippen LogP contribution in [0.25, 0.3) is 0 Å². The summed E-state index contributed by atoms with van der Waals surface area (Å²) in [6.45, 7) is 2.27. The first kappa shape index (κ1) is 23.0. The molecule has 3 heteroatoms. The lowest BCUT2D eigenvalue weighted by molar-refractivity contribution is 0.289. The Bertz CT molecular complexity index is 731. The van der Waals surface area contributed by atoms with E-state index in [4.69, 9.17) is 0 Å². The van der Waals surface area contributed by atoms with Gasteiger partial charge >= 0.3 is 0 Å². The molecule has 1 aromatic carbocycles. The zero-order valence-electron chi connectivity index (χ0n) is 18.2. The van der Waals surface area contributed by atoms with Gasteiger partial charge in [0.15, 0.2) is 17.5 Å². The molecule has 1 aromatic rings. The van der Waals surface area contributed by atoms with Crippen molar-refractivity contribution in [3.05, 3.63) is 47.3 Å². The minimum Gasteiger partial charge on any atom is -0.204 e. The summed E-state index contributed by atoms with van der Waals surface area (Å²) in [5.41, 5.74) is 0.572. The van der Waals surface area contributed by atoms with Crippen LogP contribution in [0.5, 0.6) is 0 Å². The van der Waals surface area contributed by atoms with Crippen LogP contribution in [0.1, 0.15) is 95.5 Å². The number of benzene rings is 1. The van der Waals surface area contributed by atoms with Crippen LogP contribution in [0.15, 0.2) is 24.3 Å². The molecule has 0 unspecified atom stereocenters. The number of unbranched alkanes of at least 4 members (excludes halogenated alkanes) is 2. The molecule has 0 spiro atoms. The van der Waals surface area contributed by atoms with Crippen molar-refractivity contribution < 1.29 is 13.2 Å². The highest BCUT2D eigenvalue weighted by Gasteiger charge is 2.23. The Morgan fingerprint density at radius 2 is 1.57 bits per heavy atom. The average Bonchev–Trinajstić information content (AvgIpc) is 2.76. The van der Waals surface area contributed by atoms with Gasteiger partial charge in [-0.25, -0.2) is 13.2 Å². The Morgan fingerprint density at radius 3 is 2.20 bits per heavy atom. The number of allylic oxidation sites excluding steroid dienone is 2. The molecule has 164 valence electrons. The number of hydrogen-bond acceptors (Lipinski definition) is 0. The van der Waals surface area contributed by atoms with Gasteiger partial charge in [-0.3, -0.25) is 0 Å². The predicted octanol–water partition coefficient (Wildman–Crippen LogP) is 8.32. The Kier molecular flexibility index (Phi) is 8.91. The second-order valence-corrected chi connectivity index (χ2v) is 9.27. The van der Waals surface area contributed by atoms with Crippen molar-refractivity contribution >= 4 is 0 Å². The van der Waals surface area contributed by atoms with Crippen LogP contribution in [0, 0.1) is 47.0 Å². The van der Waals surface area contributed by atoms with E-state index in [-0.39, 0.29) is 5.92 Å². The fourth-order valence-electron chi connectivity index (χ4n) is 5.08. The van der Waals surface area contributed by atoms with E-state index in [0.717, 1.165) is 43.7 Å². The topological polar surface area (TPSA) is 0 Å². The SMILES string of the molecule is CCCCCC1CCC(/C=C/C#CC2CCC(c3cc(F)c(F)c(F)c3)CC2)CC1. The third-order valence-corrected chi connectivity index (χ3v) is 7.05. The Balaban J connectivity index is 1.39. The Labute approximate surface area is 180 Å². The molecule has 0 bridgehead atoms. The van der Waals surface area contributed by atoms with Gasteiger partial charge in [0.2, 0.25) is 0 Å². The highest BCUT2D eigenvalue weighted by molar-refractivity contribution is 5.25. The van der Waals surface area contributed by atoms with Gasteiger partial charge in [0.05, 0.1) is 0 Å². The molecule has 0 N–H and O–H groups in total. The standard InChI is InChI=1S/C27H35F3/c1-2-3-4-7-20-10-12-21(13-11-20)8-5-6-9-22-14-16-23(17-15-22)24-18-25(28)27(30)26(29)19-24/h5,8,18-23H,2-4,7,10-17H2,1H3/b8-5+. The summed E-state index contributed by atoms with van der Waals surface area (Å²) in [7, 11) is 0. The molecule has 30 heavy (non-hydrogen) atoms. The summed E-state index contributed by atoms with van der Waals surface area (Å²) >= 11 is 0. The van der Waals surface area contributed by atoms with E-state index >= 15 is 0 Å². The molecule has 2 saturated carbocycles. The molecule has 0 atom stereocenters. The maximum absolute atomic E-state index is 13.5. The smallest absolute Gasteiger partial charge is 0.194 e. The molecule has 0 saturated heterocycles. The first-order valence-electron chi connectivity index (χ1n) is 11.9. The maximum atomic E-state index is 13.5. The summed E-state index contributed by atoms with van der Waals surface area (Å²) in [5, 5.41) is 0. The molecule has 2 fully saturated rings. The van der Waals surface area contributed by atoms with E-state index in [0.29, 0.717) is 17.4 Å². The molecule has 0 heterocycles. The quantitative estimate of drug-likeness (QED) is 0.248. The highest BCUT2D eigenvalue weighted by Crippen LogP contribution is 2.36. The zero-order valence-corrected chi connectivity index (χ0v) is 18.2. The molecule has 0 amide bonds. The van der Waals surface area contributed by atoms with Gasteiger partial charge < -0.3 is 0 Å². The number of hydrogen-bond donors (Lipinski definition) is 0. The van der Waals surface area contributed by atoms with Gasteiger partial charge in [-0.2, -0.15) is 0 Å². The van der Waals surface area contributed by atoms with Gasteiger partial charge in [-0.05, 0) is 92.9 Å². The lowest BCUT2D eigenvalue weighted by Gasteiger charge is -2.26. The van der Waals surface area contributed by atoms with Gasteiger partial charge in [-0.1, -0.05) is 50.5 Å². The summed E-state index contributed by atoms with van der Waals surface area (Å²) in [6.07, 6.45) is 18.7. The minimum absolute atomic E-state index is 0.0932. The first-order valence-corrected chi connectivity index (χ1v) is 11.9. The Hall–Kier alpha value is -1.69. The van der Waals surface area contributed by atoms with Gasteiger partial charge in [0.1, 0.15) is 0 Å². The van der Waals surface area contributed by atoms with Crippen molar-refractivity contribution in [2.45, 2.75) is 89.9 Å². The summed E-state index contributed by atoms with van der Waals surface area (Å²) in [6, 6.07) is 2.30. The molecule has 0 aromatic heterocycles. The van der Waals surface area contributed by atoms with E-state index in [1.54, 1.807) is 0 Å². The zero-order chi connectivity index (χ0) is 21.3.